The van der Waals surface area contributed by atoms with Gasteiger partial charge >= 0.3 is 6.18 Å². The number of hydrogen-bond donors (Lipinski definition) is 0. The van der Waals surface area contributed by atoms with Crippen LogP contribution < -0.4 is 0 Å². The van der Waals surface area contributed by atoms with Crippen molar-refractivity contribution < 1.29 is 22.5 Å². The number of benzene rings is 1. The van der Waals surface area contributed by atoms with Crippen LogP contribution in [0.25, 0.3) is 11.4 Å². The summed E-state index contributed by atoms with van der Waals surface area (Å²) in [5.74, 6) is 0.225. The van der Waals surface area contributed by atoms with E-state index in [1.165, 1.54) is 6.07 Å². The molecule has 0 saturated heterocycles. The first kappa shape index (κ1) is 21.4. The molecule has 0 unspecified atom stereocenters. The molecule has 3 rings (SSSR count). The highest BCUT2D eigenvalue weighted by atomic mass is 35.5. The maximum atomic E-state index is 12.7. The van der Waals surface area contributed by atoms with Gasteiger partial charge in [-0.2, -0.15) is 13.2 Å². The molecule has 0 saturated carbocycles. The average Bonchev–Trinajstić information content (AvgIpc) is 3.13. The first-order chi connectivity index (χ1) is 13.7. The largest absolute Gasteiger partial charge is 0.417 e. The zero-order valence-corrected chi connectivity index (χ0v) is 16.9. The minimum Gasteiger partial charge on any atom is -0.390 e. The van der Waals surface area contributed by atoms with Crippen molar-refractivity contribution in [2.45, 2.75) is 19.7 Å². The smallest absolute Gasteiger partial charge is 0.390 e. The molecule has 0 atom stereocenters. The molecule has 2 aromatic heterocycles. The van der Waals surface area contributed by atoms with Crippen LogP contribution >= 0.6 is 34.8 Å². The number of aromatic nitrogens is 2. The minimum atomic E-state index is -4.55. The van der Waals surface area contributed by atoms with Crippen molar-refractivity contribution in [3.63, 3.8) is 0 Å². The lowest BCUT2D eigenvalue weighted by atomic mass is 10.2. The van der Waals surface area contributed by atoms with E-state index in [1.54, 1.807) is 25.1 Å². The summed E-state index contributed by atoms with van der Waals surface area (Å²) in [6.45, 7) is 1.63. The molecule has 0 bridgehead atoms. The number of halogens is 6. The first-order valence-corrected chi connectivity index (χ1v) is 9.10. The summed E-state index contributed by atoms with van der Waals surface area (Å²) in [4.78, 5) is 8.99. The highest BCUT2D eigenvalue weighted by Crippen LogP contribution is 2.34. The Hall–Kier alpha value is -2.29. The number of pyridine rings is 1. The Kier molecular flexibility index (Phi) is 6.36. The molecule has 0 N–H and O–H groups in total. The van der Waals surface area contributed by atoms with Crippen LogP contribution in [0.1, 0.15) is 23.8 Å². The Labute approximate surface area is 178 Å². The fourth-order valence-electron chi connectivity index (χ4n) is 2.25. The van der Waals surface area contributed by atoms with Gasteiger partial charge < -0.3 is 9.36 Å². The summed E-state index contributed by atoms with van der Waals surface area (Å²) >= 11 is 18.0. The van der Waals surface area contributed by atoms with Crippen molar-refractivity contribution in [1.82, 2.24) is 10.1 Å². The van der Waals surface area contributed by atoms with Gasteiger partial charge in [0.2, 0.25) is 0 Å². The van der Waals surface area contributed by atoms with Gasteiger partial charge in [-0.15, -0.1) is 0 Å². The van der Waals surface area contributed by atoms with Crippen LogP contribution in [0, 0.1) is 0 Å². The van der Waals surface area contributed by atoms with Crippen LogP contribution in [0.15, 0.2) is 46.2 Å². The molecule has 1 aromatic carbocycles. The van der Waals surface area contributed by atoms with Gasteiger partial charge in [0, 0.05) is 27.9 Å². The van der Waals surface area contributed by atoms with Crippen molar-refractivity contribution >= 4 is 40.5 Å². The third-order valence-corrected chi connectivity index (χ3v) is 4.75. The van der Waals surface area contributed by atoms with E-state index >= 15 is 0 Å². The zero-order valence-electron chi connectivity index (χ0n) is 14.6. The average molecular weight is 465 g/mol. The zero-order chi connectivity index (χ0) is 21.2. The van der Waals surface area contributed by atoms with Gasteiger partial charge in [-0.3, -0.25) is 4.98 Å². The monoisotopic (exact) mass is 463 g/mol. The Morgan fingerprint density at radius 3 is 2.45 bits per heavy atom. The molecule has 2 heterocycles. The fourth-order valence-corrected chi connectivity index (χ4v) is 3.02. The Bertz CT molecular complexity index is 1050. The molecule has 0 aliphatic rings. The predicted octanol–water partition coefficient (Wildman–Crippen LogP) is 6.66. The van der Waals surface area contributed by atoms with Gasteiger partial charge in [0.25, 0.3) is 0 Å². The van der Waals surface area contributed by atoms with Crippen molar-refractivity contribution in [2.24, 2.45) is 5.16 Å². The van der Waals surface area contributed by atoms with Crippen LogP contribution in [-0.2, 0) is 17.6 Å². The van der Waals surface area contributed by atoms with E-state index in [0.717, 1.165) is 6.07 Å². The van der Waals surface area contributed by atoms with E-state index in [1.807, 2.05) is 0 Å². The molecule has 29 heavy (non-hydrogen) atoms. The second kappa shape index (κ2) is 8.61. The molecular formula is C18H11Cl3F3N3O2. The molecule has 5 nitrogen and oxygen atoms in total. The number of rotatable bonds is 5. The highest BCUT2D eigenvalue weighted by molar-refractivity contribution is 6.36. The van der Waals surface area contributed by atoms with Gasteiger partial charge in [-0.25, -0.2) is 0 Å². The molecule has 11 heteroatoms. The summed E-state index contributed by atoms with van der Waals surface area (Å²) in [7, 11) is 0. The van der Waals surface area contributed by atoms with Crippen LogP contribution in [0.4, 0.5) is 13.2 Å². The molecule has 3 aromatic rings. The minimum absolute atomic E-state index is 0.0309. The maximum absolute atomic E-state index is 12.7. The Balaban J connectivity index is 1.75. The summed E-state index contributed by atoms with van der Waals surface area (Å²) < 4.78 is 43.3. The van der Waals surface area contributed by atoms with Crippen molar-refractivity contribution in [1.29, 1.82) is 0 Å². The van der Waals surface area contributed by atoms with Crippen molar-refractivity contribution in [3.8, 4) is 11.4 Å². The second-order valence-corrected chi connectivity index (χ2v) is 7.00. The third-order valence-electron chi connectivity index (χ3n) is 3.75. The van der Waals surface area contributed by atoms with Crippen LogP contribution in [0.2, 0.25) is 15.1 Å². The quantitative estimate of drug-likeness (QED) is 0.313. The highest BCUT2D eigenvalue weighted by Gasteiger charge is 2.32. The Morgan fingerprint density at radius 2 is 1.83 bits per heavy atom. The van der Waals surface area contributed by atoms with Gasteiger partial charge in [-0.05, 0) is 25.1 Å². The molecular weight excluding hydrogens is 454 g/mol. The van der Waals surface area contributed by atoms with E-state index in [-0.39, 0.29) is 28.8 Å². The first-order valence-electron chi connectivity index (χ1n) is 7.96. The Morgan fingerprint density at radius 1 is 1.14 bits per heavy atom. The summed E-state index contributed by atoms with van der Waals surface area (Å²) in [5, 5.41) is 8.35. The standard InChI is InChI=1S/C18H11Cl3F3N3O2/c1-9(26-28-8-11-12(19)3-2-4-13(11)20)16-6-15(27-29-16)17-14(21)5-10(7-25-17)18(22,23)24/h2-7H,8H2,1H3/b26-9+. The van der Waals surface area contributed by atoms with Crippen LogP contribution in [-0.4, -0.2) is 15.9 Å². The lowest BCUT2D eigenvalue weighted by Crippen LogP contribution is -2.05. The van der Waals surface area contributed by atoms with Gasteiger partial charge in [0.1, 0.15) is 23.7 Å². The lowest BCUT2D eigenvalue weighted by Gasteiger charge is -2.07. The molecule has 0 amide bonds. The molecule has 0 spiro atoms. The number of hydrogen-bond acceptors (Lipinski definition) is 5. The van der Waals surface area contributed by atoms with E-state index in [9.17, 15) is 13.2 Å². The van der Waals surface area contributed by atoms with Gasteiger partial charge in [0.15, 0.2) is 5.76 Å². The topological polar surface area (TPSA) is 60.5 Å². The fraction of sp³-hybridized carbons (Fsp3) is 0.167. The van der Waals surface area contributed by atoms with Crippen molar-refractivity contribution in [3.05, 3.63) is 68.5 Å². The van der Waals surface area contributed by atoms with Gasteiger partial charge in [0.05, 0.1) is 10.6 Å². The maximum Gasteiger partial charge on any atom is 0.417 e. The molecule has 152 valence electrons. The third kappa shape index (κ3) is 5.01. The SMILES string of the molecule is C/C(=N\OCc1c(Cl)cccc1Cl)c1cc(-c2ncc(C(F)(F)F)cc2Cl)no1. The van der Waals surface area contributed by atoms with E-state index in [2.05, 4.69) is 15.3 Å². The van der Waals surface area contributed by atoms with E-state index in [0.29, 0.717) is 27.5 Å². The van der Waals surface area contributed by atoms with E-state index in [4.69, 9.17) is 44.2 Å². The number of nitrogens with zero attached hydrogens (tertiary/aromatic N) is 3. The second-order valence-electron chi connectivity index (χ2n) is 5.78. The van der Waals surface area contributed by atoms with Crippen LogP contribution in [0.3, 0.4) is 0 Å². The van der Waals surface area contributed by atoms with E-state index < -0.39 is 11.7 Å². The molecule has 0 aliphatic heterocycles. The molecule has 0 radical (unpaired) electrons. The van der Waals surface area contributed by atoms with Gasteiger partial charge in [-0.1, -0.05) is 51.2 Å². The summed E-state index contributed by atoms with van der Waals surface area (Å²) in [6, 6.07) is 7.26. The number of alkyl halides is 3. The molecule has 0 fully saturated rings. The van der Waals surface area contributed by atoms with Crippen molar-refractivity contribution in [2.75, 3.05) is 0 Å². The predicted molar refractivity (Wildman–Crippen MR) is 103 cm³/mol. The normalized spacial score (nSPS) is 12.3. The lowest BCUT2D eigenvalue weighted by molar-refractivity contribution is -0.137. The summed E-state index contributed by atoms with van der Waals surface area (Å²) in [6.07, 6.45) is -3.87. The van der Waals surface area contributed by atoms with Crippen LogP contribution in [0.5, 0.6) is 0 Å². The summed E-state index contributed by atoms with van der Waals surface area (Å²) in [5.41, 5.74) is 0.148. The number of oxime groups is 1. The molecule has 0 aliphatic carbocycles.